The van der Waals surface area contributed by atoms with Gasteiger partial charge in [-0.1, -0.05) is 20.8 Å². The van der Waals surface area contributed by atoms with Gasteiger partial charge in [-0.15, -0.1) is 0 Å². The topological polar surface area (TPSA) is 48.3 Å². The number of aryl methyl sites for hydroxylation is 1. The van der Waals surface area contributed by atoms with Gasteiger partial charge in [0.2, 0.25) is 0 Å². The molecule has 0 saturated heterocycles. The second-order valence-corrected chi connectivity index (χ2v) is 4.89. The fourth-order valence-electron chi connectivity index (χ4n) is 2.48. The molecular formula is C14H27N3O2. The first-order chi connectivity index (χ1) is 9.10. The summed E-state index contributed by atoms with van der Waals surface area (Å²) in [5.74, 6) is 1.22. The summed E-state index contributed by atoms with van der Waals surface area (Å²) in [5.41, 5.74) is 1.06. The number of nitrogens with one attached hydrogen (secondary N) is 1. The number of methoxy groups -OCH3 is 2. The van der Waals surface area contributed by atoms with E-state index in [1.165, 1.54) is 0 Å². The third kappa shape index (κ3) is 3.48. The smallest absolute Gasteiger partial charge is 0.161 e. The predicted molar refractivity (Wildman–Crippen MR) is 76.5 cm³/mol. The summed E-state index contributed by atoms with van der Waals surface area (Å²) in [6.07, 6.45) is 1.85. The largest absolute Gasteiger partial charge is 0.493 e. The van der Waals surface area contributed by atoms with Crippen molar-refractivity contribution in [1.82, 2.24) is 15.1 Å². The summed E-state index contributed by atoms with van der Waals surface area (Å²) >= 11 is 0. The number of rotatable bonds is 8. The molecule has 0 aliphatic heterocycles. The number of aromatic nitrogens is 2. The molecule has 0 fully saturated rings. The molecule has 0 aromatic carbocycles. The van der Waals surface area contributed by atoms with Crippen molar-refractivity contribution >= 4 is 0 Å². The maximum Gasteiger partial charge on any atom is 0.161 e. The van der Waals surface area contributed by atoms with E-state index in [4.69, 9.17) is 9.47 Å². The monoisotopic (exact) mass is 269 g/mol. The molecule has 2 atom stereocenters. The van der Waals surface area contributed by atoms with Crippen LogP contribution in [0, 0.1) is 5.92 Å². The first-order valence-corrected chi connectivity index (χ1v) is 6.96. The van der Waals surface area contributed by atoms with Crippen LogP contribution in [0.15, 0.2) is 6.20 Å². The second-order valence-electron chi connectivity index (χ2n) is 4.89. The number of hydrogen-bond acceptors (Lipinski definition) is 4. The van der Waals surface area contributed by atoms with Crippen LogP contribution in [-0.2, 0) is 11.3 Å². The van der Waals surface area contributed by atoms with Crippen molar-refractivity contribution < 1.29 is 9.47 Å². The lowest BCUT2D eigenvalue weighted by Crippen LogP contribution is -2.38. The van der Waals surface area contributed by atoms with E-state index in [-0.39, 0.29) is 12.1 Å². The molecule has 1 N–H and O–H groups in total. The van der Waals surface area contributed by atoms with E-state index in [1.54, 1.807) is 20.4 Å². The molecule has 1 heterocycles. The highest BCUT2D eigenvalue weighted by Crippen LogP contribution is 2.31. The summed E-state index contributed by atoms with van der Waals surface area (Å²) in [4.78, 5) is 0. The van der Waals surface area contributed by atoms with Crippen molar-refractivity contribution in [3.63, 3.8) is 0 Å². The molecular weight excluding hydrogens is 242 g/mol. The number of ether oxygens (including phenoxy) is 2. The molecule has 1 aromatic rings. The van der Waals surface area contributed by atoms with Gasteiger partial charge >= 0.3 is 0 Å². The van der Waals surface area contributed by atoms with Crippen LogP contribution in [0.2, 0.25) is 0 Å². The first-order valence-electron chi connectivity index (χ1n) is 6.96. The third-order valence-electron chi connectivity index (χ3n) is 3.34. The zero-order valence-corrected chi connectivity index (χ0v) is 12.9. The van der Waals surface area contributed by atoms with E-state index in [9.17, 15) is 0 Å². The van der Waals surface area contributed by atoms with Gasteiger partial charge in [0.25, 0.3) is 0 Å². The van der Waals surface area contributed by atoms with Crippen LogP contribution in [0.1, 0.15) is 39.4 Å². The number of hydrogen-bond donors (Lipinski definition) is 1. The number of nitrogens with zero attached hydrogens (tertiary/aromatic N) is 2. The standard InChI is InChI=1S/C14H27N3O2/c1-7-15-12(14(19-6)10(3)4)13-11(18-5)9-16-17(13)8-2/h9-10,12,14-15H,7-8H2,1-6H3. The Morgan fingerprint density at radius 1 is 1.32 bits per heavy atom. The highest BCUT2D eigenvalue weighted by Gasteiger charge is 2.30. The van der Waals surface area contributed by atoms with E-state index in [0.717, 1.165) is 24.5 Å². The zero-order chi connectivity index (χ0) is 14.4. The maximum atomic E-state index is 5.69. The Kier molecular flexibility index (Phi) is 6.31. The lowest BCUT2D eigenvalue weighted by atomic mass is 9.96. The average molecular weight is 269 g/mol. The fourth-order valence-corrected chi connectivity index (χ4v) is 2.48. The molecule has 0 aliphatic carbocycles. The summed E-state index contributed by atoms with van der Waals surface area (Å²) in [5, 5.41) is 7.88. The van der Waals surface area contributed by atoms with E-state index in [2.05, 4.69) is 38.1 Å². The molecule has 2 unspecified atom stereocenters. The third-order valence-corrected chi connectivity index (χ3v) is 3.34. The van der Waals surface area contributed by atoms with Crippen LogP contribution < -0.4 is 10.1 Å². The quantitative estimate of drug-likeness (QED) is 0.786. The maximum absolute atomic E-state index is 5.69. The molecule has 0 aliphatic rings. The van der Waals surface area contributed by atoms with Crippen LogP contribution in [0.4, 0.5) is 0 Å². The van der Waals surface area contributed by atoms with Crippen molar-refractivity contribution in [2.75, 3.05) is 20.8 Å². The SMILES string of the molecule is CCNC(c1c(OC)cnn1CC)C(OC)C(C)C. The van der Waals surface area contributed by atoms with Crippen molar-refractivity contribution in [1.29, 1.82) is 0 Å². The highest BCUT2D eigenvalue weighted by atomic mass is 16.5. The molecule has 110 valence electrons. The van der Waals surface area contributed by atoms with E-state index in [1.807, 2.05) is 4.68 Å². The van der Waals surface area contributed by atoms with Gasteiger partial charge in [-0.05, 0) is 19.4 Å². The summed E-state index contributed by atoms with van der Waals surface area (Å²) in [7, 11) is 3.44. The van der Waals surface area contributed by atoms with Crippen LogP contribution in [0.5, 0.6) is 5.75 Å². The normalized spacial score (nSPS) is 14.7. The van der Waals surface area contributed by atoms with Crippen molar-refractivity contribution in [3.05, 3.63) is 11.9 Å². The Morgan fingerprint density at radius 2 is 2.00 bits per heavy atom. The van der Waals surface area contributed by atoms with Crippen molar-refractivity contribution in [3.8, 4) is 5.75 Å². The Morgan fingerprint density at radius 3 is 2.42 bits per heavy atom. The molecule has 5 nitrogen and oxygen atoms in total. The van der Waals surface area contributed by atoms with Gasteiger partial charge < -0.3 is 14.8 Å². The summed E-state index contributed by atoms with van der Waals surface area (Å²) in [6.45, 7) is 10.2. The summed E-state index contributed by atoms with van der Waals surface area (Å²) < 4.78 is 13.1. The van der Waals surface area contributed by atoms with Gasteiger partial charge in [-0.2, -0.15) is 5.10 Å². The minimum atomic E-state index is 0.0763. The molecule has 0 radical (unpaired) electrons. The van der Waals surface area contributed by atoms with Crippen LogP contribution in [0.3, 0.4) is 0 Å². The van der Waals surface area contributed by atoms with E-state index >= 15 is 0 Å². The second kappa shape index (κ2) is 7.50. The zero-order valence-electron chi connectivity index (χ0n) is 12.9. The van der Waals surface area contributed by atoms with E-state index in [0.29, 0.717) is 5.92 Å². The lowest BCUT2D eigenvalue weighted by Gasteiger charge is -2.30. The number of likely N-dealkylation sites (N-methyl/N-ethyl adjacent to an activating group) is 1. The van der Waals surface area contributed by atoms with Crippen LogP contribution >= 0.6 is 0 Å². The Balaban J connectivity index is 3.20. The van der Waals surface area contributed by atoms with Gasteiger partial charge in [0.05, 0.1) is 31.1 Å². The highest BCUT2D eigenvalue weighted by molar-refractivity contribution is 5.29. The molecule has 5 heteroatoms. The Hall–Kier alpha value is -1.07. The predicted octanol–water partition coefficient (Wildman–Crippen LogP) is 2.23. The molecule has 1 rings (SSSR count). The van der Waals surface area contributed by atoms with Crippen LogP contribution in [-0.4, -0.2) is 36.6 Å². The minimum absolute atomic E-state index is 0.0763. The lowest BCUT2D eigenvalue weighted by molar-refractivity contribution is 0.0299. The minimum Gasteiger partial charge on any atom is -0.493 e. The Bertz CT molecular complexity index is 355. The van der Waals surface area contributed by atoms with Crippen molar-refractivity contribution in [2.45, 2.75) is 46.4 Å². The first kappa shape index (κ1) is 16.0. The van der Waals surface area contributed by atoms with Gasteiger partial charge in [0.1, 0.15) is 0 Å². The van der Waals surface area contributed by atoms with Crippen molar-refractivity contribution in [2.24, 2.45) is 5.92 Å². The van der Waals surface area contributed by atoms with Crippen LogP contribution in [0.25, 0.3) is 0 Å². The molecule has 0 spiro atoms. The van der Waals surface area contributed by atoms with Gasteiger partial charge in [0, 0.05) is 13.7 Å². The van der Waals surface area contributed by atoms with Gasteiger partial charge in [0.15, 0.2) is 5.75 Å². The van der Waals surface area contributed by atoms with Gasteiger partial charge in [-0.3, -0.25) is 4.68 Å². The molecule has 1 aromatic heterocycles. The molecule has 0 saturated carbocycles. The average Bonchev–Trinajstić information content (AvgIpc) is 2.80. The fraction of sp³-hybridized carbons (Fsp3) is 0.786. The van der Waals surface area contributed by atoms with E-state index < -0.39 is 0 Å². The molecule has 19 heavy (non-hydrogen) atoms. The summed E-state index contributed by atoms with van der Waals surface area (Å²) in [6, 6.07) is 0.0763. The molecule has 0 bridgehead atoms. The molecule has 0 amide bonds. The van der Waals surface area contributed by atoms with Gasteiger partial charge in [-0.25, -0.2) is 0 Å². The Labute approximate surface area is 116 Å².